The summed E-state index contributed by atoms with van der Waals surface area (Å²) >= 11 is 0. The number of rotatable bonds is 8. The number of nitrogens with one attached hydrogen (secondary N) is 3. The first kappa shape index (κ1) is 17.6. The van der Waals surface area contributed by atoms with Gasteiger partial charge in [-0.3, -0.25) is 19.4 Å². The van der Waals surface area contributed by atoms with Gasteiger partial charge in [0, 0.05) is 32.1 Å². The average Bonchev–Trinajstić information content (AvgIpc) is 2.53. The molecule has 1 aromatic heterocycles. The van der Waals surface area contributed by atoms with E-state index in [0.29, 0.717) is 13.0 Å². The molecule has 1 rings (SSSR count). The third-order valence-corrected chi connectivity index (χ3v) is 2.91. The lowest BCUT2D eigenvalue weighted by Gasteiger charge is -2.18. The Labute approximate surface area is 129 Å². The second-order valence-corrected chi connectivity index (χ2v) is 4.70. The van der Waals surface area contributed by atoms with Gasteiger partial charge < -0.3 is 16.0 Å². The molecule has 0 aromatic carbocycles. The van der Waals surface area contributed by atoms with Crippen molar-refractivity contribution in [3.05, 3.63) is 30.1 Å². The number of pyridine rings is 1. The van der Waals surface area contributed by atoms with E-state index < -0.39 is 6.04 Å². The van der Waals surface area contributed by atoms with Crippen LogP contribution in [-0.2, 0) is 9.59 Å². The van der Waals surface area contributed by atoms with Gasteiger partial charge in [0.25, 0.3) is 5.91 Å². The van der Waals surface area contributed by atoms with Crippen molar-refractivity contribution in [1.29, 1.82) is 0 Å². The van der Waals surface area contributed by atoms with Crippen LogP contribution in [0.25, 0.3) is 0 Å². The van der Waals surface area contributed by atoms with Crippen molar-refractivity contribution in [1.82, 2.24) is 20.9 Å². The first-order valence-electron chi connectivity index (χ1n) is 7.32. The van der Waals surface area contributed by atoms with E-state index in [4.69, 9.17) is 0 Å². The zero-order chi connectivity index (χ0) is 16.4. The van der Waals surface area contributed by atoms with E-state index in [9.17, 15) is 14.4 Å². The van der Waals surface area contributed by atoms with E-state index in [1.165, 1.54) is 6.20 Å². The van der Waals surface area contributed by atoms with Crippen LogP contribution in [0.3, 0.4) is 0 Å². The fourth-order valence-corrected chi connectivity index (χ4v) is 1.79. The van der Waals surface area contributed by atoms with Crippen LogP contribution in [-0.4, -0.2) is 41.8 Å². The maximum atomic E-state index is 12.1. The standard InChI is InChI=1S/C15H22N4O3/c1-3-13(20)18-10-11(9-14(21)16-4-2)19-15(22)12-7-5-6-8-17-12/h5-8,11H,3-4,9-10H2,1-2H3,(H,16,21)(H,18,20)(H,19,22). The Kier molecular flexibility index (Phi) is 7.60. The van der Waals surface area contributed by atoms with Gasteiger partial charge in [-0.2, -0.15) is 0 Å². The van der Waals surface area contributed by atoms with E-state index in [1.54, 1.807) is 25.1 Å². The summed E-state index contributed by atoms with van der Waals surface area (Å²) in [6.45, 7) is 4.27. The highest BCUT2D eigenvalue weighted by Crippen LogP contribution is 1.98. The van der Waals surface area contributed by atoms with E-state index >= 15 is 0 Å². The molecule has 1 unspecified atom stereocenters. The highest BCUT2D eigenvalue weighted by atomic mass is 16.2. The minimum atomic E-state index is -0.489. The van der Waals surface area contributed by atoms with Gasteiger partial charge in [-0.15, -0.1) is 0 Å². The number of nitrogens with zero attached hydrogens (tertiary/aromatic N) is 1. The molecule has 1 aromatic rings. The van der Waals surface area contributed by atoms with Crippen LogP contribution in [0, 0.1) is 0 Å². The molecule has 0 saturated heterocycles. The fourth-order valence-electron chi connectivity index (χ4n) is 1.79. The van der Waals surface area contributed by atoms with Gasteiger partial charge in [-0.25, -0.2) is 0 Å². The van der Waals surface area contributed by atoms with Gasteiger partial charge in [0.1, 0.15) is 5.69 Å². The van der Waals surface area contributed by atoms with E-state index in [0.717, 1.165) is 0 Å². The van der Waals surface area contributed by atoms with Crippen molar-refractivity contribution >= 4 is 17.7 Å². The minimum absolute atomic E-state index is 0.0937. The molecule has 7 nitrogen and oxygen atoms in total. The van der Waals surface area contributed by atoms with Gasteiger partial charge in [0.05, 0.1) is 6.04 Å². The monoisotopic (exact) mass is 306 g/mol. The lowest BCUT2D eigenvalue weighted by atomic mass is 10.1. The van der Waals surface area contributed by atoms with Gasteiger partial charge >= 0.3 is 0 Å². The third-order valence-electron chi connectivity index (χ3n) is 2.91. The summed E-state index contributed by atoms with van der Waals surface area (Å²) < 4.78 is 0. The molecule has 0 bridgehead atoms. The number of carbonyl (C=O) groups is 3. The molecule has 0 radical (unpaired) electrons. The normalized spacial score (nSPS) is 11.4. The number of aromatic nitrogens is 1. The SMILES string of the molecule is CCNC(=O)CC(CNC(=O)CC)NC(=O)c1ccccn1. The molecule has 0 saturated carbocycles. The Bertz CT molecular complexity index is 505. The second-order valence-electron chi connectivity index (χ2n) is 4.70. The summed E-state index contributed by atoms with van der Waals surface area (Å²) in [5.74, 6) is -0.687. The van der Waals surface area contributed by atoms with Crippen LogP contribution in [0.4, 0.5) is 0 Å². The maximum Gasteiger partial charge on any atom is 0.270 e. The van der Waals surface area contributed by atoms with Crippen molar-refractivity contribution in [2.45, 2.75) is 32.7 Å². The molecule has 0 aliphatic heterocycles. The first-order chi connectivity index (χ1) is 10.6. The van der Waals surface area contributed by atoms with Gasteiger partial charge in [0.15, 0.2) is 0 Å². The number of carbonyl (C=O) groups excluding carboxylic acids is 3. The molecule has 0 fully saturated rings. The molecule has 0 spiro atoms. The zero-order valence-corrected chi connectivity index (χ0v) is 12.9. The minimum Gasteiger partial charge on any atom is -0.356 e. The molecule has 3 amide bonds. The molecule has 0 aliphatic carbocycles. The van der Waals surface area contributed by atoms with Crippen molar-refractivity contribution in [3.8, 4) is 0 Å². The lowest BCUT2D eigenvalue weighted by molar-refractivity contribution is -0.123. The van der Waals surface area contributed by atoms with Crippen LogP contribution in [0.2, 0.25) is 0 Å². The second kappa shape index (κ2) is 9.49. The highest BCUT2D eigenvalue weighted by molar-refractivity contribution is 5.92. The Morgan fingerprint density at radius 1 is 1.14 bits per heavy atom. The summed E-state index contributed by atoms with van der Waals surface area (Å²) in [7, 11) is 0. The van der Waals surface area contributed by atoms with Gasteiger partial charge in [-0.1, -0.05) is 13.0 Å². The van der Waals surface area contributed by atoms with Gasteiger partial charge in [-0.05, 0) is 19.1 Å². The lowest BCUT2D eigenvalue weighted by Crippen LogP contribution is -2.46. The maximum absolute atomic E-state index is 12.1. The molecule has 1 heterocycles. The van der Waals surface area contributed by atoms with Crippen LogP contribution in [0.15, 0.2) is 24.4 Å². The van der Waals surface area contributed by atoms with Crippen molar-refractivity contribution < 1.29 is 14.4 Å². The Hall–Kier alpha value is -2.44. The summed E-state index contributed by atoms with van der Waals surface area (Å²) in [4.78, 5) is 39.1. The fraction of sp³-hybridized carbons (Fsp3) is 0.467. The molecule has 22 heavy (non-hydrogen) atoms. The Morgan fingerprint density at radius 3 is 2.50 bits per heavy atom. The zero-order valence-electron chi connectivity index (χ0n) is 12.9. The molecule has 120 valence electrons. The largest absolute Gasteiger partial charge is 0.356 e. The predicted molar refractivity (Wildman–Crippen MR) is 82.1 cm³/mol. The third kappa shape index (κ3) is 6.34. The highest BCUT2D eigenvalue weighted by Gasteiger charge is 2.18. The topological polar surface area (TPSA) is 100 Å². The van der Waals surface area contributed by atoms with Crippen LogP contribution >= 0.6 is 0 Å². The van der Waals surface area contributed by atoms with Crippen LogP contribution in [0.1, 0.15) is 37.2 Å². The summed E-state index contributed by atoms with van der Waals surface area (Å²) in [6.07, 6.45) is 1.96. The van der Waals surface area contributed by atoms with Crippen molar-refractivity contribution in [2.24, 2.45) is 0 Å². The number of hydrogen-bond acceptors (Lipinski definition) is 4. The molecular formula is C15H22N4O3. The quantitative estimate of drug-likeness (QED) is 0.640. The molecule has 7 heteroatoms. The molecule has 3 N–H and O–H groups in total. The summed E-state index contributed by atoms with van der Waals surface area (Å²) in [6, 6.07) is 4.52. The first-order valence-corrected chi connectivity index (χ1v) is 7.32. The molecule has 1 atom stereocenters. The van der Waals surface area contributed by atoms with E-state index in [1.807, 2.05) is 6.92 Å². The van der Waals surface area contributed by atoms with Crippen molar-refractivity contribution in [2.75, 3.05) is 13.1 Å². The van der Waals surface area contributed by atoms with E-state index in [2.05, 4.69) is 20.9 Å². The van der Waals surface area contributed by atoms with Crippen molar-refractivity contribution in [3.63, 3.8) is 0 Å². The van der Waals surface area contributed by atoms with Gasteiger partial charge in [0.2, 0.25) is 11.8 Å². The Morgan fingerprint density at radius 2 is 1.91 bits per heavy atom. The average molecular weight is 306 g/mol. The van der Waals surface area contributed by atoms with Crippen LogP contribution in [0.5, 0.6) is 0 Å². The molecular weight excluding hydrogens is 284 g/mol. The van der Waals surface area contributed by atoms with E-state index in [-0.39, 0.29) is 36.4 Å². The smallest absolute Gasteiger partial charge is 0.270 e. The molecule has 0 aliphatic rings. The van der Waals surface area contributed by atoms with Crippen LogP contribution < -0.4 is 16.0 Å². The number of hydrogen-bond donors (Lipinski definition) is 3. The number of amides is 3. The Balaban J connectivity index is 2.65. The summed E-state index contributed by atoms with van der Waals surface area (Å²) in [5, 5.41) is 8.08. The summed E-state index contributed by atoms with van der Waals surface area (Å²) in [5.41, 5.74) is 0.269. The predicted octanol–water partition coefficient (Wildman–Crippen LogP) is 0.232.